The van der Waals surface area contributed by atoms with Gasteiger partial charge < -0.3 is 5.32 Å². The van der Waals surface area contributed by atoms with Crippen molar-refractivity contribution in [3.8, 4) is 0 Å². The van der Waals surface area contributed by atoms with Gasteiger partial charge in [-0.1, -0.05) is 41.4 Å². The molecular formula is C13H9Cl2FN2O. The zero-order chi connectivity index (χ0) is 13.8. The van der Waals surface area contributed by atoms with Crippen LogP contribution in [0, 0.1) is 5.82 Å². The van der Waals surface area contributed by atoms with E-state index in [-0.39, 0.29) is 28.1 Å². The van der Waals surface area contributed by atoms with Crippen molar-refractivity contribution in [1.29, 1.82) is 0 Å². The Morgan fingerprint density at radius 1 is 1.32 bits per heavy atom. The van der Waals surface area contributed by atoms with Gasteiger partial charge in [0.25, 0.3) is 5.91 Å². The van der Waals surface area contributed by atoms with Crippen molar-refractivity contribution in [3.63, 3.8) is 0 Å². The van der Waals surface area contributed by atoms with E-state index >= 15 is 0 Å². The first kappa shape index (κ1) is 13.8. The van der Waals surface area contributed by atoms with Crippen LogP contribution in [0.25, 0.3) is 0 Å². The Balaban J connectivity index is 2.10. The minimum atomic E-state index is -0.433. The summed E-state index contributed by atoms with van der Waals surface area (Å²) in [5.74, 6) is -0.806. The molecule has 0 saturated carbocycles. The van der Waals surface area contributed by atoms with Gasteiger partial charge in [0.2, 0.25) is 0 Å². The van der Waals surface area contributed by atoms with E-state index in [1.807, 2.05) is 0 Å². The van der Waals surface area contributed by atoms with Gasteiger partial charge in [0.05, 0.1) is 10.6 Å². The second kappa shape index (κ2) is 5.99. The van der Waals surface area contributed by atoms with E-state index in [0.29, 0.717) is 5.56 Å². The third-order valence-electron chi connectivity index (χ3n) is 2.46. The minimum Gasteiger partial charge on any atom is -0.348 e. The SMILES string of the molecule is O=C(NCc1ccccc1F)c1cc(Cl)ncc1Cl. The van der Waals surface area contributed by atoms with Crippen molar-refractivity contribution < 1.29 is 9.18 Å². The van der Waals surface area contributed by atoms with Crippen molar-refractivity contribution in [3.05, 3.63) is 63.6 Å². The number of carbonyl (C=O) groups excluding carboxylic acids is 1. The number of hydrogen-bond acceptors (Lipinski definition) is 2. The van der Waals surface area contributed by atoms with Crippen molar-refractivity contribution in [2.45, 2.75) is 6.54 Å². The second-order valence-corrected chi connectivity index (χ2v) is 4.56. The van der Waals surface area contributed by atoms with Crippen LogP contribution < -0.4 is 5.32 Å². The van der Waals surface area contributed by atoms with Gasteiger partial charge in [-0.05, 0) is 12.1 Å². The molecule has 0 spiro atoms. The first-order chi connectivity index (χ1) is 9.08. The van der Waals surface area contributed by atoms with E-state index in [4.69, 9.17) is 23.2 Å². The topological polar surface area (TPSA) is 42.0 Å². The lowest BCUT2D eigenvalue weighted by molar-refractivity contribution is 0.0950. The van der Waals surface area contributed by atoms with Crippen LogP contribution >= 0.6 is 23.2 Å². The summed E-state index contributed by atoms with van der Waals surface area (Å²) in [4.78, 5) is 15.6. The van der Waals surface area contributed by atoms with Gasteiger partial charge >= 0.3 is 0 Å². The maximum atomic E-state index is 13.4. The summed E-state index contributed by atoms with van der Waals surface area (Å²) in [7, 11) is 0. The van der Waals surface area contributed by atoms with E-state index in [1.165, 1.54) is 18.3 Å². The molecule has 0 saturated heterocycles. The van der Waals surface area contributed by atoms with Crippen LogP contribution in [0.3, 0.4) is 0 Å². The first-order valence-electron chi connectivity index (χ1n) is 5.40. The molecular weight excluding hydrogens is 290 g/mol. The number of pyridine rings is 1. The highest BCUT2D eigenvalue weighted by Crippen LogP contribution is 2.18. The molecule has 1 aromatic carbocycles. The summed E-state index contributed by atoms with van der Waals surface area (Å²) in [6, 6.07) is 7.57. The monoisotopic (exact) mass is 298 g/mol. The number of carbonyl (C=O) groups is 1. The molecule has 1 amide bonds. The number of hydrogen-bond donors (Lipinski definition) is 1. The fraction of sp³-hybridized carbons (Fsp3) is 0.0769. The summed E-state index contributed by atoms with van der Waals surface area (Å²) < 4.78 is 13.4. The van der Waals surface area contributed by atoms with Crippen LogP contribution in [-0.4, -0.2) is 10.9 Å². The highest BCUT2D eigenvalue weighted by molar-refractivity contribution is 6.35. The summed E-state index contributed by atoms with van der Waals surface area (Å²) in [5, 5.41) is 2.93. The number of nitrogens with zero attached hydrogens (tertiary/aromatic N) is 1. The molecule has 2 rings (SSSR count). The van der Waals surface area contributed by atoms with Gasteiger partial charge in [-0.25, -0.2) is 9.37 Å². The Kier molecular flexibility index (Phi) is 4.35. The Bertz CT molecular complexity index is 619. The molecule has 19 heavy (non-hydrogen) atoms. The predicted molar refractivity (Wildman–Crippen MR) is 71.8 cm³/mol. The standard InChI is InChI=1S/C13H9Cl2FN2O/c14-10-7-17-12(15)5-9(10)13(19)18-6-8-3-1-2-4-11(8)16/h1-5,7H,6H2,(H,18,19). The summed E-state index contributed by atoms with van der Waals surface area (Å²) in [6.07, 6.45) is 1.29. The normalized spacial score (nSPS) is 10.3. The predicted octanol–water partition coefficient (Wildman–Crippen LogP) is 3.46. The van der Waals surface area contributed by atoms with Gasteiger partial charge in [0.15, 0.2) is 0 Å². The third kappa shape index (κ3) is 3.43. The minimum absolute atomic E-state index is 0.0712. The molecule has 0 atom stereocenters. The number of amides is 1. The average Bonchev–Trinajstić information content (AvgIpc) is 2.40. The fourth-order valence-corrected chi connectivity index (χ4v) is 1.85. The molecule has 0 unspecified atom stereocenters. The van der Waals surface area contributed by atoms with E-state index in [0.717, 1.165) is 0 Å². The van der Waals surface area contributed by atoms with Gasteiger partial charge in [-0.3, -0.25) is 4.79 Å². The van der Waals surface area contributed by atoms with Crippen molar-refractivity contribution in [2.24, 2.45) is 0 Å². The van der Waals surface area contributed by atoms with Crippen LogP contribution in [0.5, 0.6) is 0 Å². The molecule has 2 aromatic rings. The highest BCUT2D eigenvalue weighted by atomic mass is 35.5. The Morgan fingerprint density at radius 3 is 2.79 bits per heavy atom. The quantitative estimate of drug-likeness (QED) is 0.882. The molecule has 0 radical (unpaired) electrons. The molecule has 0 aliphatic heterocycles. The Labute approximate surface area is 119 Å². The number of rotatable bonds is 3. The molecule has 98 valence electrons. The maximum absolute atomic E-state index is 13.4. The molecule has 1 heterocycles. The number of nitrogens with one attached hydrogen (secondary N) is 1. The average molecular weight is 299 g/mol. The number of benzene rings is 1. The Morgan fingerprint density at radius 2 is 2.05 bits per heavy atom. The van der Waals surface area contributed by atoms with Crippen LogP contribution in [-0.2, 0) is 6.54 Å². The fourth-order valence-electron chi connectivity index (χ4n) is 1.50. The maximum Gasteiger partial charge on any atom is 0.253 e. The van der Waals surface area contributed by atoms with Gasteiger partial charge in [0.1, 0.15) is 11.0 Å². The molecule has 3 nitrogen and oxygen atoms in total. The number of aromatic nitrogens is 1. The van der Waals surface area contributed by atoms with Crippen molar-refractivity contribution >= 4 is 29.1 Å². The van der Waals surface area contributed by atoms with E-state index in [9.17, 15) is 9.18 Å². The lowest BCUT2D eigenvalue weighted by Crippen LogP contribution is -2.23. The van der Waals surface area contributed by atoms with Gasteiger partial charge in [-0.2, -0.15) is 0 Å². The van der Waals surface area contributed by atoms with E-state index in [1.54, 1.807) is 18.2 Å². The van der Waals surface area contributed by atoms with Crippen molar-refractivity contribution in [2.75, 3.05) is 0 Å². The van der Waals surface area contributed by atoms with Crippen LogP contribution in [0.1, 0.15) is 15.9 Å². The number of halogens is 3. The summed E-state index contributed by atoms with van der Waals surface area (Å²) >= 11 is 11.5. The molecule has 0 aliphatic carbocycles. The van der Waals surface area contributed by atoms with Gasteiger partial charge in [-0.15, -0.1) is 0 Å². The molecule has 0 fully saturated rings. The third-order valence-corrected chi connectivity index (χ3v) is 2.97. The largest absolute Gasteiger partial charge is 0.348 e. The molecule has 0 bridgehead atoms. The van der Waals surface area contributed by atoms with Crippen LogP contribution in [0.2, 0.25) is 10.2 Å². The lowest BCUT2D eigenvalue weighted by Gasteiger charge is -2.07. The van der Waals surface area contributed by atoms with Crippen LogP contribution in [0.4, 0.5) is 4.39 Å². The van der Waals surface area contributed by atoms with E-state index in [2.05, 4.69) is 10.3 Å². The zero-order valence-corrected chi connectivity index (χ0v) is 11.2. The van der Waals surface area contributed by atoms with Crippen LogP contribution in [0.15, 0.2) is 36.5 Å². The Hall–Kier alpha value is -1.65. The zero-order valence-electron chi connectivity index (χ0n) is 9.66. The summed E-state index contributed by atoms with van der Waals surface area (Å²) in [5.41, 5.74) is 0.602. The van der Waals surface area contributed by atoms with Gasteiger partial charge in [0, 0.05) is 18.3 Å². The molecule has 1 aromatic heterocycles. The highest BCUT2D eigenvalue weighted by Gasteiger charge is 2.12. The van der Waals surface area contributed by atoms with Crippen molar-refractivity contribution in [1.82, 2.24) is 10.3 Å². The molecule has 6 heteroatoms. The first-order valence-corrected chi connectivity index (χ1v) is 6.16. The molecule has 0 aliphatic rings. The second-order valence-electron chi connectivity index (χ2n) is 3.76. The molecule has 1 N–H and O–H groups in total. The van der Waals surface area contributed by atoms with E-state index < -0.39 is 5.91 Å². The smallest absolute Gasteiger partial charge is 0.253 e. The summed E-state index contributed by atoms with van der Waals surface area (Å²) in [6.45, 7) is 0.0712. The lowest BCUT2D eigenvalue weighted by atomic mass is 10.2.